The number of aryl methyl sites for hydroxylation is 1. The van der Waals surface area contributed by atoms with E-state index in [4.69, 9.17) is 13.9 Å². The summed E-state index contributed by atoms with van der Waals surface area (Å²) in [7, 11) is 1.66. The molecular formula is C33H34FN3O5. The summed E-state index contributed by atoms with van der Waals surface area (Å²) in [6.45, 7) is 3.26. The van der Waals surface area contributed by atoms with Gasteiger partial charge in [0.05, 0.1) is 19.2 Å². The Morgan fingerprint density at radius 3 is 2.64 bits per heavy atom. The fraction of sp³-hybridized carbons (Fsp3) is 0.333. The predicted molar refractivity (Wildman–Crippen MR) is 157 cm³/mol. The number of halogens is 1. The molecule has 2 aliphatic heterocycles. The molecule has 3 aromatic carbocycles. The van der Waals surface area contributed by atoms with Gasteiger partial charge in [0.1, 0.15) is 35.3 Å². The second kappa shape index (κ2) is 11.9. The highest BCUT2D eigenvalue weighted by Crippen LogP contribution is 2.39. The van der Waals surface area contributed by atoms with Gasteiger partial charge >= 0.3 is 0 Å². The van der Waals surface area contributed by atoms with Crippen molar-refractivity contribution in [3.05, 3.63) is 83.4 Å². The van der Waals surface area contributed by atoms with Gasteiger partial charge in [0.25, 0.3) is 5.91 Å². The molecule has 9 heteroatoms. The summed E-state index contributed by atoms with van der Waals surface area (Å²) in [5, 5.41) is 6.88. The van der Waals surface area contributed by atoms with Crippen molar-refractivity contribution >= 4 is 22.8 Å². The maximum absolute atomic E-state index is 14.0. The Labute approximate surface area is 243 Å². The Balaban J connectivity index is 1.32. The van der Waals surface area contributed by atoms with Gasteiger partial charge in [-0.1, -0.05) is 30.3 Å². The topological polar surface area (TPSA) is 93.0 Å². The number of fused-ring (bicyclic) bond motifs is 4. The maximum Gasteiger partial charge on any atom is 0.255 e. The Hall–Kier alpha value is -4.37. The average Bonchev–Trinajstić information content (AvgIpc) is 3.52. The van der Waals surface area contributed by atoms with E-state index in [1.54, 1.807) is 7.11 Å². The van der Waals surface area contributed by atoms with Crippen molar-refractivity contribution in [1.29, 1.82) is 0 Å². The SMILES string of the molecule is COc1cc2c(-c3ccccc3)c(C)oc2cc1CN1[C@@H]2CC[C@H]1CC(=O)NCCOc1ccc(F)cc1C(=O)NC2. The van der Waals surface area contributed by atoms with Gasteiger partial charge in [-0.2, -0.15) is 0 Å². The molecule has 1 fully saturated rings. The van der Waals surface area contributed by atoms with E-state index in [-0.39, 0.29) is 42.5 Å². The first-order valence-corrected chi connectivity index (χ1v) is 14.3. The monoisotopic (exact) mass is 571 g/mol. The largest absolute Gasteiger partial charge is 0.496 e. The summed E-state index contributed by atoms with van der Waals surface area (Å²) < 4.78 is 31.8. The number of amides is 2. The van der Waals surface area contributed by atoms with Crippen molar-refractivity contribution < 1.29 is 27.9 Å². The second-order valence-electron chi connectivity index (χ2n) is 10.9. The van der Waals surface area contributed by atoms with Crippen LogP contribution in [0.15, 0.2) is 65.1 Å². The number of carbonyl (C=O) groups is 2. The van der Waals surface area contributed by atoms with E-state index in [1.807, 2.05) is 37.3 Å². The summed E-state index contributed by atoms with van der Waals surface area (Å²) in [4.78, 5) is 28.3. The summed E-state index contributed by atoms with van der Waals surface area (Å²) in [5.74, 6) is 0.862. The lowest BCUT2D eigenvalue weighted by Crippen LogP contribution is -2.44. The van der Waals surface area contributed by atoms with Crippen LogP contribution in [0.25, 0.3) is 22.1 Å². The average molecular weight is 572 g/mol. The molecular weight excluding hydrogens is 537 g/mol. The molecule has 4 aromatic rings. The molecule has 2 N–H and O–H groups in total. The molecule has 2 bridgehead atoms. The van der Waals surface area contributed by atoms with Crippen LogP contribution >= 0.6 is 0 Å². The van der Waals surface area contributed by atoms with E-state index in [0.29, 0.717) is 19.5 Å². The molecule has 42 heavy (non-hydrogen) atoms. The zero-order valence-corrected chi connectivity index (χ0v) is 23.7. The lowest BCUT2D eigenvalue weighted by Gasteiger charge is -2.31. The lowest BCUT2D eigenvalue weighted by atomic mass is 10.0. The molecule has 0 saturated carbocycles. The number of ether oxygens (including phenoxy) is 2. The third kappa shape index (κ3) is 5.56. The summed E-state index contributed by atoms with van der Waals surface area (Å²) in [5.41, 5.74) is 3.94. The van der Waals surface area contributed by atoms with Crippen LogP contribution in [0.4, 0.5) is 4.39 Å². The molecule has 6 rings (SSSR count). The van der Waals surface area contributed by atoms with E-state index in [1.165, 1.54) is 18.2 Å². The predicted octanol–water partition coefficient (Wildman–Crippen LogP) is 5.22. The van der Waals surface area contributed by atoms with E-state index in [2.05, 4.69) is 27.7 Å². The van der Waals surface area contributed by atoms with Crippen LogP contribution in [0.3, 0.4) is 0 Å². The zero-order valence-electron chi connectivity index (χ0n) is 23.7. The first-order chi connectivity index (χ1) is 20.4. The number of hydrogen-bond acceptors (Lipinski definition) is 6. The van der Waals surface area contributed by atoms with Crippen molar-refractivity contribution in [2.75, 3.05) is 26.8 Å². The van der Waals surface area contributed by atoms with Crippen molar-refractivity contribution in [1.82, 2.24) is 15.5 Å². The normalized spacial score (nSPS) is 19.9. The van der Waals surface area contributed by atoms with Crippen LogP contribution in [0.1, 0.15) is 40.9 Å². The lowest BCUT2D eigenvalue weighted by molar-refractivity contribution is -0.122. The van der Waals surface area contributed by atoms with Crippen LogP contribution in [0.5, 0.6) is 11.5 Å². The Kier molecular flexibility index (Phi) is 7.84. The number of hydrogen-bond donors (Lipinski definition) is 2. The van der Waals surface area contributed by atoms with E-state index >= 15 is 0 Å². The zero-order chi connectivity index (χ0) is 29.2. The van der Waals surface area contributed by atoms with E-state index in [0.717, 1.165) is 52.0 Å². The van der Waals surface area contributed by atoms with Gasteiger partial charge in [-0.25, -0.2) is 4.39 Å². The van der Waals surface area contributed by atoms with Crippen molar-refractivity contribution in [3.63, 3.8) is 0 Å². The number of methoxy groups -OCH3 is 1. The first kappa shape index (κ1) is 27.8. The Bertz CT molecular complexity index is 1620. The van der Waals surface area contributed by atoms with Crippen LogP contribution in [0, 0.1) is 12.7 Å². The van der Waals surface area contributed by atoms with Crippen LogP contribution in [-0.4, -0.2) is 55.6 Å². The third-order valence-corrected chi connectivity index (χ3v) is 8.24. The minimum absolute atomic E-state index is 0.0286. The van der Waals surface area contributed by atoms with Gasteiger partial charge in [-0.05, 0) is 55.7 Å². The maximum atomic E-state index is 14.0. The molecule has 2 aliphatic rings. The van der Waals surface area contributed by atoms with Gasteiger partial charge in [0.15, 0.2) is 0 Å². The molecule has 0 unspecified atom stereocenters. The molecule has 3 heterocycles. The number of furan rings is 1. The number of benzene rings is 3. The van der Waals surface area contributed by atoms with Crippen molar-refractivity contribution in [3.8, 4) is 22.6 Å². The fourth-order valence-electron chi connectivity index (χ4n) is 6.22. The van der Waals surface area contributed by atoms with Gasteiger partial charge in [-0.3, -0.25) is 14.5 Å². The first-order valence-electron chi connectivity index (χ1n) is 14.3. The number of nitrogens with zero attached hydrogens (tertiary/aromatic N) is 1. The highest BCUT2D eigenvalue weighted by molar-refractivity contribution is 5.97. The van der Waals surface area contributed by atoms with Crippen LogP contribution in [0.2, 0.25) is 0 Å². The Morgan fingerprint density at radius 2 is 1.83 bits per heavy atom. The molecule has 1 aromatic heterocycles. The number of rotatable bonds is 4. The van der Waals surface area contributed by atoms with Gasteiger partial charge in [0, 0.05) is 48.1 Å². The highest BCUT2D eigenvalue weighted by Gasteiger charge is 2.36. The molecule has 0 aliphatic carbocycles. The quantitative estimate of drug-likeness (QED) is 0.349. The molecule has 0 spiro atoms. The fourth-order valence-corrected chi connectivity index (χ4v) is 6.22. The molecule has 2 amide bonds. The van der Waals surface area contributed by atoms with Gasteiger partial charge in [0.2, 0.25) is 5.91 Å². The molecule has 8 nitrogen and oxygen atoms in total. The van der Waals surface area contributed by atoms with E-state index < -0.39 is 11.7 Å². The highest BCUT2D eigenvalue weighted by atomic mass is 19.1. The second-order valence-corrected chi connectivity index (χ2v) is 10.9. The Morgan fingerprint density at radius 1 is 1.02 bits per heavy atom. The van der Waals surface area contributed by atoms with Gasteiger partial charge < -0.3 is 24.5 Å². The molecule has 1 saturated heterocycles. The van der Waals surface area contributed by atoms with Gasteiger partial charge in [-0.15, -0.1) is 0 Å². The summed E-state index contributed by atoms with van der Waals surface area (Å²) in [6, 6.07) is 18.0. The summed E-state index contributed by atoms with van der Waals surface area (Å²) >= 11 is 0. The standard InChI is InChI=1S/C33H34FN3O5/c1-20-32(21-6-4-3-5-7-21)26-17-29(40-2)22(14-30(26)42-20)19-37-24-9-10-25(37)18-36-33(39)27-15-23(34)8-11-28(27)41-13-12-35-31(38)16-24/h3-8,11,14-15,17,24-25H,9-10,12-13,16,18-19H2,1-2H3,(H,35,38)(H,36,39)/t24-,25+/m0/s1. The number of carbonyl (C=O) groups excluding carboxylic acids is 2. The molecule has 0 radical (unpaired) electrons. The summed E-state index contributed by atoms with van der Waals surface area (Å²) in [6.07, 6.45) is 1.93. The minimum atomic E-state index is -0.518. The van der Waals surface area contributed by atoms with Crippen LogP contribution in [-0.2, 0) is 11.3 Å². The van der Waals surface area contributed by atoms with Crippen molar-refractivity contribution in [2.45, 2.75) is 44.8 Å². The molecule has 2 atom stereocenters. The van der Waals surface area contributed by atoms with Crippen LogP contribution < -0.4 is 20.1 Å². The van der Waals surface area contributed by atoms with E-state index in [9.17, 15) is 14.0 Å². The van der Waals surface area contributed by atoms with Crippen molar-refractivity contribution in [2.24, 2.45) is 0 Å². The minimum Gasteiger partial charge on any atom is -0.496 e. The number of nitrogens with one attached hydrogen (secondary N) is 2. The third-order valence-electron chi connectivity index (χ3n) is 8.24. The molecule has 218 valence electrons. The smallest absolute Gasteiger partial charge is 0.255 e.